The van der Waals surface area contributed by atoms with Crippen LogP contribution in [0.2, 0.25) is 0 Å². The maximum absolute atomic E-state index is 13.3. The van der Waals surface area contributed by atoms with Gasteiger partial charge in [-0.25, -0.2) is 0 Å². The predicted octanol–water partition coefficient (Wildman–Crippen LogP) is 5.85. The standard InChI is InChI=1S/C16H19F3OS2/c1-4-21-15(22-5-2)13(16(17,18)19)10-14(20)12-8-6-11(3)7-9-12/h6-9H,4-5,10H2,1-3H3. The van der Waals surface area contributed by atoms with Crippen molar-refractivity contribution in [2.45, 2.75) is 33.4 Å². The van der Waals surface area contributed by atoms with Crippen molar-refractivity contribution in [2.75, 3.05) is 11.5 Å². The van der Waals surface area contributed by atoms with E-state index in [1.807, 2.05) is 6.92 Å². The van der Waals surface area contributed by atoms with Crippen molar-refractivity contribution in [2.24, 2.45) is 0 Å². The number of carbonyl (C=O) groups excluding carboxylic acids is 1. The maximum Gasteiger partial charge on any atom is 0.414 e. The van der Waals surface area contributed by atoms with E-state index in [2.05, 4.69) is 0 Å². The summed E-state index contributed by atoms with van der Waals surface area (Å²) in [5, 5.41) is 0. The molecule has 0 amide bonds. The van der Waals surface area contributed by atoms with E-state index in [0.29, 0.717) is 17.1 Å². The number of rotatable bonds is 7. The third-order valence-corrected chi connectivity index (χ3v) is 5.15. The van der Waals surface area contributed by atoms with Crippen LogP contribution in [0.15, 0.2) is 34.1 Å². The van der Waals surface area contributed by atoms with E-state index in [-0.39, 0.29) is 4.24 Å². The summed E-state index contributed by atoms with van der Waals surface area (Å²) in [6.07, 6.45) is -5.10. The summed E-state index contributed by atoms with van der Waals surface area (Å²) in [6.45, 7) is 5.47. The molecule has 0 bridgehead atoms. The maximum atomic E-state index is 13.3. The van der Waals surface area contributed by atoms with Crippen LogP contribution in [0.5, 0.6) is 0 Å². The van der Waals surface area contributed by atoms with E-state index in [0.717, 1.165) is 29.1 Å². The number of alkyl halides is 3. The fourth-order valence-corrected chi connectivity index (χ4v) is 4.06. The van der Waals surface area contributed by atoms with Crippen LogP contribution in [0, 0.1) is 6.92 Å². The zero-order chi connectivity index (χ0) is 16.8. The molecule has 122 valence electrons. The molecule has 0 aliphatic heterocycles. The summed E-state index contributed by atoms with van der Waals surface area (Å²) in [7, 11) is 0. The first-order valence-corrected chi connectivity index (χ1v) is 8.92. The summed E-state index contributed by atoms with van der Waals surface area (Å²) in [6, 6.07) is 6.61. The molecule has 0 spiro atoms. The summed E-state index contributed by atoms with van der Waals surface area (Å²) >= 11 is 2.29. The summed E-state index contributed by atoms with van der Waals surface area (Å²) < 4.78 is 40.2. The molecule has 0 aromatic heterocycles. The zero-order valence-corrected chi connectivity index (χ0v) is 14.4. The Morgan fingerprint density at radius 3 is 1.95 bits per heavy atom. The Hall–Kier alpha value is -0.880. The second-order valence-electron chi connectivity index (χ2n) is 4.60. The highest BCUT2D eigenvalue weighted by molar-refractivity contribution is 8.22. The van der Waals surface area contributed by atoms with Gasteiger partial charge in [0.05, 0.1) is 5.57 Å². The number of hydrogen-bond acceptors (Lipinski definition) is 3. The van der Waals surface area contributed by atoms with Gasteiger partial charge in [0.25, 0.3) is 0 Å². The Kier molecular flexibility index (Phi) is 7.56. The summed E-state index contributed by atoms with van der Waals surface area (Å²) in [5.41, 5.74) is 0.554. The van der Waals surface area contributed by atoms with Crippen molar-refractivity contribution in [3.05, 3.63) is 45.2 Å². The molecular weight excluding hydrogens is 329 g/mol. The Morgan fingerprint density at radius 2 is 1.55 bits per heavy atom. The molecule has 0 unspecified atom stereocenters. The average Bonchev–Trinajstić information content (AvgIpc) is 2.44. The van der Waals surface area contributed by atoms with E-state index in [1.54, 1.807) is 38.1 Å². The Labute approximate surface area is 137 Å². The highest BCUT2D eigenvalue weighted by Crippen LogP contribution is 2.41. The zero-order valence-electron chi connectivity index (χ0n) is 12.8. The quantitative estimate of drug-likeness (QED) is 0.576. The fourth-order valence-electron chi connectivity index (χ4n) is 1.77. The second kappa shape index (κ2) is 8.67. The van der Waals surface area contributed by atoms with Crippen LogP contribution in [-0.2, 0) is 0 Å². The van der Waals surface area contributed by atoms with Crippen LogP contribution in [0.25, 0.3) is 0 Å². The number of aryl methyl sites for hydroxylation is 1. The van der Waals surface area contributed by atoms with E-state index in [4.69, 9.17) is 0 Å². The Bertz CT molecular complexity index is 525. The number of benzene rings is 1. The van der Waals surface area contributed by atoms with Crippen LogP contribution >= 0.6 is 23.5 Å². The third-order valence-electron chi connectivity index (χ3n) is 2.85. The number of thioether (sulfide) groups is 2. The van der Waals surface area contributed by atoms with Crippen LogP contribution in [-0.4, -0.2) is 23.5 Å². The molecule has 0 N–H and O–H groups in total. The molecule has 0 atom stereocenters. The SMILES string of the molecule is CCSC(SCC)=C(CC(=O)c1ccc(C)cc1)C(F)(F)F. The molecule has 0 saturated heterocycles. The lowest BCUT2D eigenvalue weighted by atomic mass is 10.0. The van der Waals surface area contributed by atoms with E-state index in [9.17, 15) is 18.0 Å². The first-order chi connectivity index (χ1) is 10.3. The highest BCUT2D eigenvalue weighted by atomic mass is 32.2. The first-order valence-electron chi connectivity index (χ1n) is 6.95. The second-order valence-corrected chi connectivity index (χ2v) is 7.40. The number of ketones is 1. The van der Waals surface area contributed by atoms with Crippen molar-refractivity contribution < 1.29 is 18.0 Å². The lowest BCUT2D eigenvalue weighted by Crippen LogP contribution is -2.17. The fraction of sp³-hybridized carbons (Fsp3) is 0.438. The normalized spacial score (nSPS) is 11.4. The Morgan fingerprint density at radius 1 is 1.05 bits per heavy atom. The van der Waals surface area contributed by atoms with Gasteiger partial charge < -0.3 is 0 Å². The average molecular weight is 348 g/mol. The molecule has 0 aliphatic carbocycles. The van der Waals surface area contributed by atoms with Crippen molar-refractivity contribution in [3.63, 3.8) is 0 Å². The molecule has 0 heterocycles. The van der Waals surface area contributed by atoms with E-state index in [1.165, 1.54) is 0 Å². The van der Waals surface area contributed by atoms with Gasteiger partial charge in [-0.3, -0.25) is 4.79 Å². The number of Topliss-reactive ketones (excluding diaryl/α,β-unsaturated/α-hetero) is 1. The van der Waals surface area contributed by atoms with Crippen LogP contribution < -0.4 is 0 Å². The van der Waals surface area contributed by atoms with Crippen LogP contribution in [0.4, 0.5) is 13.2 Å². The van der Waals surface area contributed by atoms with Gasteiger partial charge in [-0.05, 0) is 18.4 Å². The van der Waals surface area contributed by atoms with E-state index < -0.39 is 24.0 Å². The molecule has 1 rings (SSSR count). The molecule has 1 aromatic carbocycles. The smallest absolute Gasteiger partial charge is 0.294 e. The number of allylic oxidation sites excluding steroid dienone is 1. The monoisotopic (exact) mass is 348 g/mol. The number of hydrogen-bond donors (Lipinski definition) is 0. The molecule has 0 fully saturated rings. The minimum Gasteiger partial charge on any atom is -0.294 e. The van der Waals surface area contributed by atoms with E-state index >= 15 is 0 Å². The summed E-state index contributed by atoms with van der Waals surface area (Å²) in [4.78, 5) is 12.2. The Balaban J connectivity index is 3.10. The van der Waals surface area contributed by atoms with Gasteiger partial charge in [-0.2, -0.15) is 13.2 Å². The first kappa shape index (κ1) is 19.2. The molecule has 22 heavy (non-hydrogen) atoms. The highest BCUT2D eigenvalue weighted by Gasteiger charge is 2.37. The minimum atomic E-state index is -4.49. The molecule has 1 nitrogen and oxygen atoms in total. The van der Waals surface area contributed by atoms with Gasteiger partial charge in [-0.1, -0.05) is 43.7 Å². The van der Waals surface area contributed by atoms with Crippen molar-refractivity contribution in [1.82, 2.24) is 0 Å². The molecule has 1 aromatic rings. The molecular formula is C16H19F3OS2. The third kappa shape index (κ3) is 5.72. The van der Waals surface area contributed by atoms with Crippen LogP contribution in [0.1, 0.15) is 36.2 Å². The predicted molar refractivity (Wildman–Crippen MR) is 89.5 cm³/mol. The van der Waals surface area contributed by atoms with Crippen molar-refractivity contribution >= 4 is 29.3 Å². The van der Waals surface area contributed by atoms with Gasteiger partial charge in [0.1, 0.15) is 0 Å². The number of carbonyl (C=O) groups is 1. The number of halogens is 3. The van der Waals surface area contributed by atoms with Gasteiger partial charge in [0, 0.05) is 16.2 Å². The van der Waals surface area contributed by atoms with Crippen molar-refractivity contribution in [3.8, 4) is 0 Å². The van der Waals surface area contributed by atoms with Gasteiger partial charge >= 0.3 is 6.18 Å². The molecule has 0 aliphatic rings. The lowest BCUT2D eigenvalue weighted by molar-refractivity contribution is -0.0931. The summed E-state index contributed by atoms with van der Waals surface area (Å²) in [5.74, 6) is 0.583. The molecule has 0 saturated carbocycles. The topological polar surface area (TPSA) is 17.1 Å². The molecule has 0 radical (unpaired) electrons. The van der Waals surface area contributed by atoms with Crippen molar-refractivity contribution in [1.29, 1.82) is 0 Å². The van der Waals surface area contributed by atoms with Gasteiger partial charge in [-0.15, -0.1) is 23.5 Å². The lowest BCUT2D eigenvalue weighted by Gasteiger charge is -2.16. The molecule has 6 heteroatoms. The van der Waals surface area contributed by atoms with Gasteiger partial charge in [0.2, 0.25) is 0 Å². The minimum absolute atomic E-state index is 0.206. The van der Waals surface area contributed by atoms with Crippen LogP contribution in [0.3, 0.4) is 0 Å². The largest absolute Gasteiger partial charge is 0.414 e. The van der Waals surface area contributed by atoms with Gasteiger partial charge in [0.15, 0.2) is 5.78 Å².